The maximum Gasteiger partial charge on any atom is 0.413 e. The topological polar surface area (TPSA) is 57.6 Å². The Morgan fingerprint density at radius 3 is 2.14 bits per heavy atom. The van der Waals surface area contributed by atoms with Crippen molar-refractivity contribution in [3.05, 3.63) is 0 Å². The number of hydrogen-bond donors (Lipinski definition) is 1. The Morgan fingerprint density at radius 2 is 1.71 bits per heavy atom. The summed E-state index contributed by atoms with van der Waals surface area (Å²) in [5.41, 5.74) is 0. The Morgan fingerprint density at radius 1 is 1.21 bits per heavy atom. The first kappa shape index (κ1) is 13.2. The third kappa shape index (κ3) is 3.18. The highest BCUT2D eigenvalue weighted by Gasteiger charge is 2.26. The molecule has 0 aromatic carbocycles. The van der Waals surface area contributed by atoms with Crippen LogP contribution in [-0.4, -0.2) is 29.1 Å². The van der Waals surface area contributed by atoms with Gasteiger partial charge in [-0.05, 0) is 12.8 Å². The van der Waals surface area contributed by atoms with Crippen LogP contribution in [0.15, 0.2) is 0 Å². The Kier molecular flexibility index (Phi) is 5.53. The molecule has 1 fully saturated rings. The molecule has 0 aliphatic heterocycles. The lowest BCUT2D eigenvalue weighted by atomic mass is 9.88. The fourth-order valence-electron chi connectivity index (χ4n) is 1.72. The minimum Gasteiger partial charge on any atom is -0.465 e. The summed E-state index contributed by atoms with van der Waals surface area (Å²) in [6.45, 7) is 0. The van der Waals surface area contributed by atoms with Gasteiger partial charge in [0.15, 0.2) is 0 Å². The molecule has 1 aliphatic carbocycles. The van der Waals surface area contributed by atoms with Crippen molar-refractivity contribution in [3.8, 4) is 0 Å². The molecule has 0 spiro atoms. The van der Waals surface area contributed by atoms with Crippen molar-refractivity contribution in [2.45, 2.75) is 32.1 Å². The zero-order valence-corrected chi connectivity index (χ0v) is 9.05. The highest BCUT2D eigenvalue weighted by molar-refractivity contribution is 5.92. The van der Waals surface area contributed by atoms with Crippen LogP contribution in [0.5, 0.6) is 0 Å². The zero-order chi connectivity index (χ0) is 9.84. The number of hydrogen-bond acceptors (Lipinski definition) is 2. The Labute approximate surface area is 89.7 Å². The van der Waals surface area contributed by atoms with Crippen LogP contribution in [0.3, 0.4) is 0 Å². The van der Waals surface area contributed by atoms with Gasteiger partial charge in [0.25, 0.3) is 0 Å². The minimum atomic E-state index is -1.16. The van der Waals surface area contributed by atoms with Crippen LogP contribution in [0.2, 0.25) is 0 Å². The molecule has 1 aliphatic rings. The fourth-order valence-corrected chi connectivity index (χ4v) is 1.72. The fraction of sp³-hybridized carbons (Fsp3) is 0.778. The average Bonchev–Trinajstić information content (AvgIpc) is 2.17. The smallest absolute Gasteiger partial charge is 0.413 e. The van der Waals surface area contributed by atoms with Crippen LogP contribution in [0.1, 0.15) is 32.1 Å². The SMILES string of the molecule is CN(C(=O)O)C(=O)C1CCCCC1.Cl. The number of nitrogens with zero attached hydrogens (tertiary/aromatic N) is 1. The van der Waals surface area contributed by atoms with Gasteiger partial charge in [0.1, 0.15) is 0 Å². The highest BCUT2D eigenvalue weighted by Crippen LogP contribution is 2.24. The van der Waals surface area contributed by atoms with Crippen molar-refractivity contribution in [2.75, 3.05) is 7.05 Å². The molecule has 82 valence electrons. The van der Waals surface area contributed by atoms with Crippen molar-refractivity contribution >= 4 is 24.4 Å². The Balaban J connectivity index is 0.00000169. The Hall–Kier alpha value is -0.770. The molecule has 14 heavy (non-hydrogen) atoms. The molecule has 4 nitrogen and oxygen atoms in total. The predicted molar refractivity (Wildman–Crippen MR) is 54.6 cm³/mol. The van der Waals surface area contributed by atoms with Crippen LogP contribution < -0.4 is 0 Å². The van der Waals surface area contributed by atoms with Gasteiger partial charge in [0.05, 0.1) is 0 Å². The summed E-state index contributed by atoms with van der Waals surface area (Å²) in [4.78, 5) is 22.8. The quantitative estimate of drug-likeness (QED) is 0.738. The molecule has 1 rings (SSSR count). The van der Waals surface area contributed by atoms with Crippen molar-refractivity contribution in [1.82, 2.24) is 4.90 Å². The molecule has 0 atom stereocenters. The summed E-state index contributed by atoms with van der Waals surface area (Å²) in [7, 11) is 1.32. The van der Waals surface area contributed by atoms with E-state index in [1.807, 2.05) is 0 Å². The van der Waals surface area contributed by atoms with E-state index in [4.69, 9.17) is 5.11 Å². The maximum absolute atomic E-state index is 11.5. The number of carbonyl (C=O) groups excluding carboxylic acids is 1. The van der Waals surface area contributed by atoms with Crippen molar-refractivity contribution in [3.63, 3.8) is 0 Å². The molecule has 1 saturated carbocycles. The van der Waals surface area contributed by atoms with Gasteiger partial charge in [-0.3, -0.25) is 9.69 Å². The third-order valence-corrected chi connectivity index (χ3v) is 2.57. The number of carbonyl (C=O) groups is 2. The number of amides is 2. The van der Waals surface area contributed by atoms with E-state index in [-0.39, 0.29) is 24.2 Å². The van der Waals surface area contributed by atoms with Gasteiger partial charge in [0.2, 0.25) is 5.91 Å². The molecule has 1 N–H and O–H groups in total. The second kappa shape index (κ2) is 5.86. The van der Waals surface area contributed by atoms with E-state index >= 15 is 0 Å². The summed E-state index contributed by atoms with van der Waals surface area (Å²) >= 11 is 0. The van der Waals surface area contributed by atoms with E-state index in [2.05, 4.69) is 0 Å². The largest absolute Gasteiger partial charge is 0.465 e. The lowest BCUT2D eigenvalue weighted by molar-refractivity contribution is -0.133. The first-order valence-electron chi connectivity index (χ1n) is 4.63. The number of rotatable bonds is 1. The molecule has 0 aromatic rings. The minimum absolute atomic E-state index is 0. The van der Waals surface area contributed by atoms with Crippen molar-refractivity contribution < 1.29 is 14.7 Å². The highest BCUT2D eigenvalue weighted by atomic mass is 35.5. The van der Waals surface area contributed by atoms with E-state index < -0.39 is 6.09 Å². The monoisotopic (exact) mass is 221 g/mol. The summed E-state index contributed by atoms with van der Waals surface area (Å²) < 4.78 is 0. The standard InChI is InChI=1S/C9H15NO3.ClH/c1-10(9(12)13)8(11)7-5-3-2-4-6-7;/h7H,2-6H2,1H3,(H,12,13);1H. The first-order chi connectivity index (χ1) is 6.13. The van der Waals surface area contributed by atoms with Gasteiger partial charge in [-0.1, -0.05) is 19.3 Å². The predicted octanol–water partition coefficient (Wildman–Crippen LogP) is 2.12. The molecule has 0 radical (unpaired) electrons. The lowest BCUT2D eigenvalue weighted by Crippen LogP contribution is -2.37. The van der Waals surface area contributed by atoms with E-state index in [1.165, 1.54) is 13.5 Å². The number of imide groups is 1. The van der Waals surface area contributed by atoms with Crippen LogP contribution in [0.25, 0.3) is 0 Å². The van der Waals surface area contributed by atoms with E-state index in [0.29, 0.717) is 0 Å². The number of carboxylic acid groups (broad SMARTS) is 1. The van der Waals surface area contributed by atoms with Gasteiger partial charge >= 0.3 is 6.09 Å². The van der Waals surface area contributed by atoms with Crippen LogP contribution in [-0.2, 0) is 4.79 Å². The summed E-state index contributed by atoms with van der Waals surface area (Å²) in [5, 5.41) is 8.59. The maximum atomic E-state index is 11.5. The van der Waals surface area contributed by atoms with E-state index in [0.717, 1.165) is 30.6 Å². The van der Waals surface area contributed by atoms with Gasteiger partial charge in [-0.2, -0.15) is 0 Å². The summed E-state index contributed by atoms with van der Waals surface area (Å²) in [6, 6.07) is 0. The molecule has 0 unspecified atom stereocenters. The average molecular weight is 222 g/mol. The molecule has 0 saturated heterocycles. The third-order valence-electron chi connectivity index (χ3n) is 2.57. The number of halogens is 1. The van der Waals surface area contributed by atoms with Crippen LogP contribution in [0.4, 0.5) is 4.79 Å². The molecule has 0 heterocycles. The molecule has 0 bridgehead atoms. The van der Waals surface area contributed by atoms with Crippen LogP contribution in [0, 0.1) is 5.92 Å². The summed E-state index contributed by atoms with van der Waals surface area (Å²) in [5.74, 6) is -0.304. The molecule has 5 heteroatoms. The van der Waals surface area contributed by atoms with Gasteiger partial charge in [0, 0.05) is 13.0 Å². The molecular weight excluding hydrogens is 206 g/mol. The Bertz CT molecular complexity index is 214. The van der Waals surface area contributed by atoms with Crippen molar-refractivity contribution in [1.29, 1.82) is 0 Å². The first-order valence-corrected chi connectivity index (χ1v) is 4.63. The van der Waals surface area contributed by atoms with Crippen molar-refractivity contribution in [2.24, 2.45) is 5.92 Å². The summed E-state index contributed by atoms with van der Waals surface area (Å²) in [6.07, 6.45) is 3.79. The molecular formula is C9H16ClNO3. The van der Waals surface area contributed by atoms with E-state index in [9.17, 15) is 9.59 Å². The molecule has 2 amide bonds. The van der Waals surface area contributed by atoms with Gasteiger partial charge in [-0.15, -0.1) is 12.4 Å². The van der Waals surface area contributed by atoms with E-state index in [1.54, 1.807) is 0 Å². The second-order valence-corrected chi connectivity index (χ2v) is 3.51. The van der Waals surface area contributed by atoms with Gasteiger partial charge in [-0.25, -0.2) is 4.79 Å². The van der Waals surface area contributed by atoms with Crippen LogP contribution >= 0.6 is 12.4 Å². The zero-order valence-electron chi connectivity index (χ0n) is 8.23. The normalized spacial score (nSPS) is 16.9. The van der Waals surface area contributed by atoms with Gasteiger partial charge < -0.3 is 5.11 Å². The lowest BCUT2D eigenvalue weighted by Gasteiger charge is -2.23. The molecule has 0 aromatic heterocycles. The second-order valence-electron chi connectivity index (χ2n) is 3.51.